The molecule has 0 amide bonds. The number of hydrogen-bond donors (Lipinski definition) is 0. The van der Waals surface area contributed by atoms with Crippen molar-refractivity contribution in [2.24, 2.45) is 0 Å². The number of nitrogens with zero attached hydrogens (tertiary/aromatic N) is 2. The lowest BCUT2D eigenvalue weighted by molar-refractivity contribution is -0.870. The van der Waals surface area contributed by atoms with Crippen molar-refractivity contribution < 1.29 is 66.4 Å². The summed E-state index contributed by atoms with van der Waals surface area (Å²) in [4.78, 5) is 0. The molecule has 0 atom stereocenters. The monoisotopic (exact) mass is 564 g/mol. The number of halogens is 2. The molecule has 0 spiro atoms. The van der Waals surface area contributed by atoms with Gasteiger partial charge < -0.3 is 66.4 Å². The smallest absolute Gasteiger partial charge is 0.102 e. The molecular weight excluding hydrogens is 530 g/mol. The predicted molar refractivity (Wildman–Crippen MR) is 91.6 cm³/mol. The SMILES string of the molecule is C[N+](C)(C)CCOCc1ccc(COCC[N+](C)(C)C)cc1.[I-].[I-]. The van der Waals surface area contributed by atoms with Crippen LogP contribution in [-0.2, 0) is 22.7 Å². The van der Waals surface area contributed by atoms with Crippen LogP contribution in [0.25, 0.3) is 0 Å². The second-order valence-electron chi connectivity index (χ2n) is 7.95. The van der Waals surface area contributed by atoms with Gasteiger partial charge in [0.1, 0.15) is 13.1 Å². The molecule has 0 heterocycles. The summed E-state index contributed by atoms with van der Waals surface area (Å²) in [6.45, 7) is 5.00. The number of benzene rings is 1. The molecule has 6 heteroatoms. The fraction of sp³-hybridized carbons (Fsp3) is 0.667. The largest absolute Gasteiger partial charge is 1.00 e. The minimum atomic E-state index is 0. The lowest BCUT2D eigenvalue weighted by atomic mass is 10.1. The van der Waals surface area contributed by atoms with Crippen LogP contribution in [0, 0.1) is 0 Å². The van der Waals surface area contributed by atoms with Gasteiger partial charge in [-0.05, 0) is 11.1 Å². The van der Waals surface area contributed by atoms with Gasteiger partial charge in [0.2, 0.25) is 0 Å². The quantitative estimate of drug-likeness (QED) is 0.165. The van der Waals surface area contributed by atoms with Gasteiger partial charge >= 0.3 is 0 Å². The molecule has 0 saturated carbocycles. The summed E-state index contributed by atoms with van der Waals surface area (Å²) in [6, 6.07) is 8.52. The van der Waals surface area contributed by atoms with Gasteiger partial charge in [0, 0.05) is 0 Å². The van der Waals surface area contributed by atoms with Crippen molar-refractivity contribution in [3.63, 3.8) is 0 Å². The van der Waals surface area contributed by atoms with Crippen LogP contribution in [0.4, 0.5) is 0 Å². The number of hydrogen-bond acceptors (Lipinski definition) is 2. The highest BCUT2D eigenvalue weighted by Crippen LogP contribution is 2.07. The Hall–Kier alpha value is 0.520. The maximum atomic E-state index is 5.72. The van der Waals surface area contributed by atoms with Crippen LogP contribution >= 0.6 is 0 Å². The van der Waals surface area contributed by atoms with E-state index in [0.717, 1.165) is 35.3 Å². The number of likely N-dealkylation sites (N-methyl/N-ethyl adjacent to an activating group) is 2. The molecule has 142 valence electrons. The van der Waals surface area contributed by atoms with Crippen molar-refractivity contribution in [3.8, 4) is 0 Å². The highest BCUT2D eigenvalue weighted by atomic mass is 127. The van der Waals surface area contributed by atoms with E-state index >= 15 is 0 Å². The molecule has 0 N–H and O–H groups in total. The van der Waals surface area contributed by atoms with Gasteiger partial charge in [-0.1, -0.05) is 24.3 Å². The van der Waals surface area contributed by atoms with Crippen LogP contribution in [0.2, 0.25) is 0 Å². The fourth-order valence-electron chi connectivity index (χ4n) is 1.79. The third kappa shape index (κ3) is 14.8. The molecule has 24 heavy (non-hydrogen) atoms. The summed E-state index contributed by atoms with van der Waals surface area (Å²) in [5, 5.41) is 0. The zero-order valence-corrected chi connectivity index (χ0v) is 20.3. The van der Waals surface area contributed by atoms with Crippen molar-refractivity contribution in [2.75, 3.05) is 68.6 Å². The Balaban J connectivity index is 0. The zero-order chi connectivity index (χ0) is 16.6. The first-order chi connectivity index (χ1) is 10.2. The lowest BCUT2D eigenvalue weighted by Crippen LogP contribution is -3.00. The van der Waals surface area contributed by atoms with Crippen LogP contribution in [0.5, 0.6) is 0 Å². The molecule has 0 bridgehead atoms. The normalized spacial score (nSPS) is 11.6. The molecule has 1 rings (SSSR count). The maximum Gasteiger partial charge on any atom is 0.102 e. The molecule has 1 aromatic carbocycles. The summed E-state index contributed by atoms with van der Waals surface area (Å²) < 4.78 is 13.3. The lowest BCUT2D eigenvalue weighted by Gasteiger charge is -2.23. The van der Waals surface area contributed by atoms with Gasteiger partial charge in [0.05, 0.1) is 68.7 Å². The van der Waals surface area contributed by atoms with Crippen LogP contribution in [0.3, 0.4) is 0 Å². The van der Waals surface area contributed by atoms with Gasteiger partial charge in [-0.25, -0.2) is 0 Å². The van der Waals surface area contributed by atoms with Crippen molar-refractivity contribution in [1.82, 2.24) is 0 Å². The van der Waals surface area contributed by atoms with E-state index in [1.165, 1.54) is 11.1 Å². The highest BCUT2D eigenvalue weighted by molar-refractivity contribution is 5.21. The molecule has 0 unspecified atom stereocenters. The van der Waals surface area contributed by atoms with E-state index in [9.17, 15) is 0 Å². The highest BCUT2D eigenvalue weighted by Gasteiger charge is 2.07. The third-order valence-electron chi connectivity index (χ3n) is 3.37. The van der Waals surface area contributed by atoms with Gasteiger partial charge in [0.25, 0.3) is 0 Å². The Bertz CT molecular complexity index is 385. The van der Waals surface area contributed by atoms with Crippen molar-refractivity contribution in [1.29, 1.82) is 0 Å². The average molecular weight is 564 g/mol. The molecule has 0 saturated heterocycles. The number of ether oxygens (including phenoxy) is 2. The summed E-state index contributed by atoms with van der Waals surface area (Å²) in [6.07, 6.45) is 0. The third-order valence-corrected chi connectivity index (χ3v) is 3.37. The molecular formula is C18H34I2N2O2. The van der Waals surface area contributed by atoms with E-state index in [1.54, 1.807) is 0 Å². The maximum absolute atomic E-state index is 5.72. The summed E-state index contributed by atoms with van der Waals surface area (Å²) in [7, 11) is 13.1. The summed E-state index contributed by atoms with van der Waals surface area (Å²) in [5.74, 6) is 0. The predicted octanol–water partition coefficient (Wildman–Crippen LogP) is -3.86. The molecule has 1 aromatic rings. The topological polar surface area (TPSA) is 18.5 Å². The van der Waals surface area contributed by atoms with Gasteiger partial charge in [-0.15, -0.1) is 0 Å². The van der Waals surface area contributed by atoms with E-state index in [4.69, 9.17) is 9.47 Å². The molecule has 4 nitrogen and oxygen atoms in total. The molecule has 0 aliphatic rings. The number of quaternary nitrogens is 2. The first-order valence-corrected chi connectivity index (χ1v) is 8.00. The van der Waals surface area contributed by atoms with Gasteiger partial charge in [-0.2, -0.15) is 0 Å². The Morgan fingerprint density at radius 3 is 1.17 bits per heavy atom. The minimum absolute atomic E-state index is 0. The van der Waals surface area contributed by atoms with Gasteiger partial charge in [-0.3, -0.25) is 0 Å². The zero-order valence-electron chi connectivity index (χ0n) is 16.0. The van der Waals surface area contributed by atoms with Gasteiger partial charge in [0.15, 0.2) is 0 Å². The fourth-order valence-corrected chi connectivity index (χ4v) is 1.79. The van der Waals surface area contributed by atoms with Crippen molar-refractivity contribution >= 4 is 0 Å². The first kappa shape index (κ1) is 26.7. The van der Waals surface area contributed by atoms with E-state index in [0.29, 0.717) is 13.2 Å². The second-order valence-corrected chi connectivity index (χ2v) is 7.95. The van der Waals surface area contributed by atoms with E-state index in [2.05, 4.69) is 66.6 Å². The van der Waals surface area contributed by atoms with E-state index < -0.39 is 0 Å². The second kappa shape index (κ2) is 12.8. The number of rotatable bonds is 10. The first-order valence-electron chi connectivity index (χ1n) is 8.00. The van der Waals surface area contributed by atoms with Crippen molar-refractivity contribution in [3.05, 3.63) is 35.4 Å². The van der Waals surface area contributed by atoms with Crippen molar-refractivity contribution in [2.45, 2.75) is 13.2 Å². The molecule has 0 aromatic heterocycles. The Kier molecular flexibility index (Phi) is 14.3. The Morgan fingerprint density at radius 1 is 0.625 bits per heavy atom. The standard InChI is InChI=1S/C18H34N2O2.2HI/c1-19(2,3)11-13-21-15-17-7-9-18(10-8-17)16-22-14-12-20(4,5)6;;/h7-10H,11-16H2,1-6H3;2*1H/q+2;;/p-2. The van der Waals surface area contributed by atoms with Crippen LogP contribution in [-0.4, -0.2) is 77.6 Å². The Labute approximate surface area is 182 Å². The Morgan fingerprint density at radius 2 is 0.917 bits per heavy atom. The van der Waals surface area contributed by atoms with E-state index in [1.807, 2.05) is 0 Å². The van der Waals surface area contributed by atoms with Crippen LogP contribution < -0.4 is 48.0 Å². The minimum Gasteiger partial charge on any atom is -1.00 e. The van der Waals surface area contributed by atoms with E-state index in [-0.39, 0.29) is 48.0 Å². The molecule has 0 aliphatic heterocycles. The molecule has 0 aliphatic carbocycles. The van der Waals surface area contributed by atoms with Crippen LogP contribution in [0.1, 0.15) is 11.1 Å². The summed E-state index contributed by atoms with van der Waals surface area (Å²) in [5.41, 5.74) is 2.44. The van der Waals surface area contributed by atoms with Crippen LogP contribution in [0.15, 0.2) is 24.3 Å². The molecule has 0 fully saturated rings. The molecule has 0 radical (unpaired) electrons. The average Bonchev–Trinajstić information content (AvgIpc) is 2.39. The summed E-state index contributed by atoms with van der Waals surface area (Å²) >= 11 is 0.